The summed E-state index contributed by atoms with van der Waals surface area (Å²) in [5, 5.41) is 2.44. The van der Waals surface area contributed by atoms with Gasteiger partial charge < -0.3 is 5.73 Å². The van der Waals surface area contributed by atoms with Crippen molar-refractivity contribution in [1.82, 2.24) is 9.78 Å². The van der Waals surface area contributed by atoms with Gasteiger partial charge in [0.2, 0.25) is 0 Å². The van der Waals surface area contributed by atoms with Gasteiger partial charge in [-0.05, 0) is 0 Å². The number of halogens is 1. The van der Waals surface area contributed by atoms with Gasteiger partial charge in [-0.3, -0.25) is 14.6 Å². The molecule has 0 amide bonds. The Kier molecular flexibility index (Phi) is 2.33. The molecular weight excluding hydrogens is 142 g/mol. The second kappa shape index (κ2) is 2.59. The van der Waals surface area contributed by atoms with Crippen LogP contribution in [-0.2, 0) is 7.05 Å². The van der Waals surface area contributed by atoms with Crippen LogP contribution in [-0.4, -0.2) is 9.78 Å². The summed E-state index contributed by atoms with van der Waals surface area (Å²) in [5.41, 5.74) is 5.20. The van der Waals surface area contributed by atoms with Crippen molar-refractivity contribution in [3.05, 3.63) is 16.6 Å². The molecule has 0 saturated carbocycles. The zero-order chi connectivity index (χ0) is 6.15. The van der Waals surface area contributed by atoms with Crippen LogP contribution in [0.1, 0.15) is 0 Å². The minimum absolute atomic E-state index is 0. The van der Waals surface area contributed by atoms with Crippen molar-refractivity contribution in [2.45, 2.75) is 0 Å². The number of rotatable bonds is 0. The molecule has 5 heteroatoms. The van der Waals surface area contributed by atoms with Crippen LogP contribution in [0.25, 0.3) is 0 Å². The van der Waals surface area contributed by atoms with Crippen LogP contribution >= 0.6 is 12.4 Å². The first-order valence-electron chi connectivity index (χ1n) is 2.21. The molecule has 0 aliphatic carbocycles. The number of nitrogen functional groups attached to an aromatic ring is 1. The number of aromatic nitrogens is 2. The predicted molar refractivity (Wildman–Crippen MR) is 37.7 cm³/mol. The summed E-state index contributed by atoms with van der Waals surface area (Å²) in [5.74, 6) is 0. The number of H-pyrrole nitrogens is 1. The van der Waals surface area contributed by atoms with Crippen LogP contribution in [0.3, 0.4) is 0 Å². The first-order chi connectivity index (χ1) is 3.70. The Bertz CT molecular complexity index is 238. The van der Waals surface area contributed by atoms with Gasteiger partial charge in [0.25, 0.3) is 5.56 Å². The molecule has 1 aromatic heterocycles. The van der Waals surface area contributed by atoms with Crippen LogP contribution in [0.5, 0.6) is 0 Å². The molecule has 0 aliphatic rings. The van der Waals surface area contributed by atoms with E-state index in [1.54, 1.807) is 7.05 Å². The quantitative estimate of drug-likeness (QED) is 0.533. The van der Waals surface area contributed by atoms with Gasteiger partial charge in [-0.25, -0.2) is 0 Å². The van der Waals surface area contributed by atoms with E-state index in [-0.39, 0.29) is 23.7 Å². The fourth-order valence-electron chi connectivity index (χ4n) is 0.524. The van der Waals surface area contributed by atoms with Crippen molar-refractivity contribution >= 4 is 18.1 Å². The largest absolute Gasteiger partial charge is 0.393 e. The third-order valence-electron chi connectivity index (χ3n) is 0.873. The van der Waals surface area contributed by atoms with Crippen molar-refractivity contribution in [3.63, 3.8) is 0 Å². The second-order valence-corrected chi connectivity index (χ2v) is 1.64. The molecule has 1 rings (SSSR count). The van der Waals surface area contributed by atoms with E-state index in [2.05, 4.69) is 5.10 Å². The summed E-state index contributed by atoms with van der Waals surface area (Å²) in [6, 6.07) is 0. The standard InChI is InChI=1S/C4H7N3O.ClH/c1-7-2-3(5)4(8)6-7;/h2H,5H2,1H3,(H,6,8);1H. The van der Waals surface area contributed by atoms with Gasteiger partial charge in [-0.15, -0.1) is 12.4 Å². The predicted octanol–water partition coefficient (Wildman–Crippen LogP) is -0.283. The van der Waals surface area contributed by atoms with Gasteiger partial charge in [0.1, 0.15) is 5.69 Å². The maximum atomic E-state index is 10.4. The third-order valence-corrected chi connectivity index (χ3v) is 0.873. The lowest BCUT2D eigenvalue weighted by Gasteiger charge is -1.80. The molecule has 3 N–H and O–H groups in total. The average Bonchev–Trinajstić information content (AvgIpc) is 1.85. The minimum Gasteiger partial charge on any atom is -0.393 e. The lowest BCUT2D eigenvalue weighted by atomic mass is 10.6. The fraction of sp³-hybridized carbons (Fsp3) is 0.250. The molecule has 9 heavy (non-hydrogen) atoms. The molecule has 0 atom stereocenters. The molecule has 1 aromatic rings. The Balaban J connectivity index is 0.000000640. The molecular formula is C4H8ClN3O. The first kappa shape index (κ1) is 8.10. The molecule has 0 saturated heterocycles. The average molecular weight is 150 g/mol. The van der Waals surface area contributed by atoms with E-state index in [4.69, 9.17) is 5.73 Å². The topological polar surface area (TPSA) is 63.8 Å². The zero-order valence-electron chi connectivity index (χ0n) is 4.92. The Hall–Kier alpha value is -0.900. The highest BCUT2D eigenvalue weighted by Crippen LogP contribution is 1.84. The summed E-state index contributed by atoms with van der Waals surface area (Å²) in [4.78, 5) is 10.4. The Labute approximate surface area is 58.1 Å². The number of hydrogen-bond acceptors (Lipinski definition) is 2. The summed E-state index contributed by atoms with van der Waals surface area (Å²) < 4.78 is 1.51. The van der Waals surface area contributed by atoms with Crippen LogP contribution in [0.15, 0.2) is 11.0 Å². The Morgan fingerprint density at radius 2 is 2.33 bits per heavy atom. The van der Waals surface area contributed by atoms with Crippen molar-refractivity contribution < 1.29 is 0 Å². The maximum Gasteiger partial charge on any atom is 0.287 e. The summed E-state index contributed by atoms with van der Waals surface area (Å²) in [6.07, 6.45) is 1.53. The van der Waals surface area contributed by atoms with E-state index >= 15 is 0 Å². The van der Waals surface area contributed by atoms with Crippen LogP contribution < -0.4 is 11.3 Å². The van der Waals surface area contributed by atoms with E-state index in [0.717, 1.165) is 0 Å². The number of nitrogens with zero attached hydrogens (tertiary/aromatic N) is 1. The SMILES string of the molecule is Cl.Cn1cc(N)c(=O)[nH]1. The lowest BCUT2D eigenvalue weighted by Crippen LogP contribution is -2.05. The van der Waals surface area contributed by atoms with Crippen LogP contribution in [0, 0.1) is 0 Å². The van der Waals surface area contributed by atoms with Crippen molar-refractivity contribution in [2.24, 2.45) is 7.05 Å². The van der Waals surface area contributed by atoms with Gasteiger partial charge in [-0.1, -0.05) is 0 Å². The van der Waals surface area contributed by atoms with Gasteiger partial charge in [0, 0.05) is 13.2 Å². The highest BCUT2D eigenvalue weighted by Gasteiger charge is 1.91. The van der Waals surface area contributed by atoms with Gasteiger partial charge in [0.05, 0.1) is 0 Å². The molecule has 52 valence electrons. The van der Waals surface area contributed by atoms with Gasteiger partial charge in [0.15, 0.2) is 0 Å². The molecule has 0 bridgehead atoms. The molecule has 0 unspecified atom stereocenters. The molecule has 0 radical (unpaired) electrons. The smallest absolute Gasteiger partial charge is 0.287 e. The highest BCUT2D eigenvalue weighted by atomic mass is 35.5. The molecule has 0 fully saturated rings. The fourth-order valence-corrected chi connectivity index (χ4v) is 0.524. The number of nitrogens with one attached hydrogen (secondary N) is 1. The molecule has 0 aliphatic heterocycles. The molecule has 0 aromatic carbocycles. The molecule has 1 heterocycles. The van der Waals surface area contributed by atoms with Crippen molar-refractivity contribution in [2.75, 3.05) is 5.73 Å². The van der Waals surface area contributed by atoms with Crippen LogP contribution in [0.2, 0.25) is 0 Å². The van der Waals surface area contributed by atoms with Crippen molar-refractivity contribution in [1.29, 1.82) is 0 Å². The number of aromatic amines is 1. The van der Waals surface area contributed by atoms with E-state index in [0.29, 0.717) is 0 Å². The number of nitrogens with two attached hydrogens (primary N) is 1. The van der Waals surface area contributed by atoms with E-state index in [1.807, 2.05) is 0 Å². The monoisotopic (exact) mass is 149 g/mol. The number of hydrogen-bond donors (Lipinski definition) is 2. The van der Waals surface area contributed by atoms with Crippen LogP contribution in [0.4, 0.5) is 5.69 Å². The molecule has 0 spiro atoms. The van der Waals surface area contributed by atoms with E-state index in [1.165, 1.54) is 10.9 Å². The highest BCUT2D eigenvalue weighted by molar-refractivity contribution is 5.85. The number of anilines is 1. The Morgan fingerprint density at radius 3 is 2.44 bits per heavy atom. The lowest BCUT2D eigenvalue weighted by molar-refractivity contribution is 0.756. The Morgan fingerprint density at radius 1 is 1.78 bits per heavy atom. The summed E-state index contributed by atoms with van der Waals surface area (Å²) >= 11 is 0. The maximum absolute atomic E-state index is 10.4. The third kappa shape index (κ3) is 1.50. The second-order valence-electron chi connectivity index (χ2n) is 1.64. The normalized spacial score (nSPS) is 8.56. The number of aryl methyl sites for hydroxylation is 1. The minimum atomic E-state index is -0.229. The van der Waals surface area contributed by atoms with Gasteiger partial charge in [-0.2, -0.15) is 0 Å². The zero-order valence-corrected chi connectivity index (χ0v) is 5.73. The van der Waals surface area contributed by atoms with Gasteiger partial charge >= 0.3 is 0 Å². The molecule has 4 nitrogen and oxygen atoms in total. The van der Waals surface area contributed by atoms with E-state index in [9.17, 15) is 4.79 Å². The first-order valence-corrected chi connectivity index (χ1v) is 2.21. The van der Waals surface area contributed by atoms with Crippen molar-refractivity contribution in [3.8, 4) is 0 Å². The van der Waals surface area contributed by atoms with E-state index < -0.39 is 0 Å². The summed E-state index contributed by atoms with van der Waals surface area (Å²) in [7, 11) is 1.71. The summed E-state index contributed by atoms with van der Waals surface area (Å²) in [6.45, 7) is 0.